The quantitative estimate of drug-likeness (QED) is 0.739. The second-order valence-corrected chi connectivity index (χ2v) is 6.77. The molecule has 0 unspecified atom stereocenters. The monoisotopic (exact) mass is 255 g/mol. The Morgan fingerprint density at radius 3 is 2.40 bits per heavy atom. The highest BCUT2D eigenvalue weighted by molar-refractivity contribution is 7.89. The summed E-state index contributed by atoms with van der Waals surface area (Å²) < 4.78 is 24.4. The molecule has 0 radical (unpaired) electrons. The SMILES string of the molecule is CN(CC1(O)CCCC1)S(=O)(=O)CCCl. The van der Waals surface area contributed by atoms with Crippen LogP contribution in [0.25, 0.3) is 0 Å². The van der Waals surface area contributed by atoms with Crippen molar-refractivity contribution in [3.63, 3.8) is 0 Å². The van der Waals surface area contributed by atoms with Crippen molar-refractivity contribution in [3.8, 4) is 0 Å². The van der Waals surface area contributed by atoms with E-state index in [0.717, 1.165) is 12.8 Å². The van der Waals surface area contributed by atoms with Crippen LogP contribution < -0.4 is 0 Å². The molecule has 90 valence electrons. The summed E-state index contributed by atoms with van der Waals surface area (Å²) in [6.45, 7) is 0.187. The van der Waals surface area contributed by atoms with Crippen molar-refractivity contribution in [1.29, 1.82) is 0 Å². The van der Waals surface area contributed by atoms with Crippen LogP contribution in [0.15, 0.2) is 0 Å². The van der Waals surface area contributed by atoms with E-state index in [1.165, 1.54) is 11.4 Å². The number of nitrogens with zero attached hydrogens (tertiary/aromatic N) is 1. The molecule has 0 heterocycles. The minimum absolute atomic E-state index is 0.0683. The van der Waals surface area contributed by atoms with Gasteiger partial charge in [0.1, 0.15) is 0 Å². The van der Waals surface area contributed by atoms with Crippen LogP contribution in [-0.4, -0.2) is 48.7 Å². The molecule has 0 aromatic carbocycles. The molecule has 0 atom stereocenters. The number of alkyl halides is 1. The van der Waals surface area contributed by atoms with Crippen LogP contribution in [0.3, 0.4) is 0 Å². The smallest absolute Gasteiger partial charge is 0.215 e. The highest BCUT2D eigenvalue weighted by Gasteiger charge is 2.34. The van der Waals surface area contributed by atoms with Gasteiger partial charge >= 0.3 is 0 Å². The molecule has 1 aliphatic carbocycles. The fraction of sp³-hybridized carbons (Fsp3) is 1.00. The molecule has 4 nitrogen and oxygen atoms in total. The van der Waals surface area contributed by atoms with E-state index in [4.69, 9.17) is 11.6 Å². The van der Waals surface area contributed by atoms with Crippen LogP contribution >= 0.6 is 11.6 Å². The highest BCUT2D eigenvalue weighted by atomic mass is 35.5. The van der Waals surface area contributed by atoms with Crippen molar-refractivity contribution in [2.75, 3.05) is 25.2 Å². The first-order chi connectivity index (χ1) is 6.90. The second-order valence-electron chi connectivity index (χ2n) is 4.19. The number of sulfonamides is 1. The largest absolute Gasteiger partial charge is 0.389 e. The van der Waals surface area contributed by atoms with Crippen molar-refractivity contribution >= 4 is 21.6 Å². The summed E-state index contributed by atoms with van der Waals surface area (Å²) in [6.07, 6.45) is 3.32. The lowest BCUT2D eigenvalue weighted by atomic mass is 10.0. The van der Waals surface area contributed by atoms with Crippen LogP contribution in [0.1, 0.15) is 25.7 Å². The minimum Gasteiger partial charge on any atom is -0.389 e. The molecule has 0 saturated heterocycles. The number of halogens is 1. The molecule has 1 rings (SSSR count). The van der Waals surface area contributed by atoms with Crippen molar-refractivity contribution < 1.29 is 13.5 Å². The van der Waals surface area contributed by atoms with Gasteiger partial charge in [-0.1, -0.05) is 12.8 Å². The highest BCUT2D eigenvalue weighted by Crippen LogP contribution is 2.30. The third-order valence-corrected chi connectivity index (χ3v) is 5.07. The standard InChI is InChI=1S/C9H18ClNO3S/c1-11(15(13,14)7-6-10)8-9(12)4-2-3-5-9/h12H,2-8H2,1H3. The summed E-state index contributed by atoms with van der Waals surface area (Å²) >= 11 is 5.41. The maximum Gasteiger partial charge on any atom is 0.215 e. The number of aliphatic hydroxyl groups is 1. The van der Waals surface area contributed by atoms with Gasteiger partial charge in [-0.15, -0.1) is 11.6 Å². The first kappa shape index (κ1) is 13.2. The lowest BCUT2D eigenvalue weighted by Crippen LogP contribution is -2.42. The Morgan fingerprint density at radius 1 is 1.40 bits per heavy atom. The minimum atomic E-state index is -3.29. The van der Waals surface area contributed by atoms with Gasteiger partial charge in [0.15, 0.2) is 0 Å². The Balaban J connectivity index is 2.58. The van der Waals surface area contributed by atoms with E-state index < -0.39 is 15.6 Å². The van der Waals surface area contributed by atoms with Crippen molar-refractivity contribution in [1.82, 2.24) is 4.31 Å². The van der Waals surface area contributed by atoms with Gasteiger partial charge in [-0.05, 0) is 12.8 Å². The normalized spacial score (nSPS) is 21.1. The van der Waals surface area contributed by atoms with E-state index in [-0.39, 0.29) is 18.2 Å². The summed E-state index contributed by atoms with van der Waals surface area (Å²) in [5, 5.41) is 10.1. The first-order valence-corrected chi connectivity index (χ1v) is 7.26. The van der Waals surface area contributed by atoms with E-state index in [1.54, 1.807) is 0 Å². The lowest BCUT2D eigenvalue weighted by Gasteiger charge is -2.27. The van der Waals surface area contributed by atoms with Crippen LogP contribution in [-0.2, 0) is 10.0 Å². The molecule has 1 aliphatic rings. The maximum atomic E-state index is 11.6. The van der Waals surface area contributed by atoms with Gasteiger partial charge in [0.2, 0.25) is 10.0 Å². The van der Waals surface area contributed by atoms with E-state index in [1.807, 2.05) is 0 Å². The second kappa shape index (κ2) is 4.99. The fourth-order valence-electron chi connectivity index (χ4n) is 1.96. The average molecular weight is 256 g/mol. The molecule has 0 aromatic rings. The molecule has 0 amide bonds. The molecule has 0 spiro atoms. The van der Waals surface area contributed by atoms with Crippen LogP contribution in [0.5, 0.6) is 0 Å². The molecule has 1 saturated carbocycles. The van der Waals surface area contributed by atoms with Gasteiger partial charge in [0, 0.05) is 19.5 Å². The molecule has 15 heavy (non-hydrogen) atoms. The van der Waals surface area contributed by atoms with E-state index in [2.05, 4.69) is 0 Å². The van der Waals surface area contributed by atoms with E-state index >= 15 is 0 Å². The lowest BCUT2D eigenvalue weighted by molar-refractivity contribution is 0.0334. The number of hydrogen-bond acceptors (Lipinski definition) is 3. The Hall–Kier alpha value is 0.160. The first-order valence-electron chi connectivity index (χ1n) is 5.12. The molecule has 0 bridgehead atoms. The third-order valence-electron chi connectivity index (χ3n) is 2.86. The topological polar surface area (TPSA) is 57.6 Å². The zero-order valence-corrected chi connectivity index (χ0v) is 10.5. The van der Waals surface area contributed by atoms with Crippen molar-refractivity contribution in [3.05, 3.63) is 0 Å². The van der Waals surface area contributed by atoms with Crippen molar-refractivity contribution in [2.45, 2.75) is 31.3 Å². The predicted octanol–water partition coefficient (Wildman–Crippen LogP) is 0.792. The zero-order chi connectivity index (χ0) is 11.5. The molecule has 0 aromatic heterocycles. The summed E-state index contributed by atoms with van der Waals surface area (Å²) in [4.78, 5) is 0. The molecule has 0 aliphatic heterocycles. The molecule has 1 N–H and O–H groups in total. The van der Waals surface area contributed by atoms with Gasteiger partial charge in [-0.3, -0.25) is 0 Å². The molecular formula is C9H18ClNO3S. The van der Waals surface area contributed by atoms with Gasteiger partial charge in [-0.2, -0.15) is 0 Å². The van der Waals surface area contributed by atoms with Gasteiger partial charge in [-0.25, -0.2) is 12.7 Å². The summed E-state index contributed by atoms with van der Waals surface area (Å²) in [5.74, 6) is 0.0201. The van der Waals surface area contributed by atoms with Crippen LogP contribution in [0, 0.1) is 0 Å². The third kappa shape index (κ3) is 3.59. The summed E-state index contributed by atoms with van der Waals surface area (Å²) in [7, 11) is -1.80. The van der Waals surface area contributed by atoms with Crippen LogP contribution in [0.2, 0.25) is 0 Å². The maximum absolute atomic E-state index is 11.6. The summed E-state index contributed by atoms with van der Waals surface area (Å²) in [6, 6.07) is 0. The zero-order valence-electron chi connectivity index (χ0n) is 8.95. The van der Waals surface area contributed by atoms with Crippen molar-refractivity contribution in [2.24, 2.45) is 0 Å². The molecular weight excluding hydrogens is 238 g/mol. The predicted molar refractivity (Wildman–Crippen MR) is 60.6 cm³/mol. The Bertz CT molecular complexity index is 298. The van der Waals surface area contributed by atoms with Gasteiger partial charge < -0.3 is 5.11 Å². The molecule has 1 fully saturated rings. The Labute approximate surface area is 96.3 Å². The fourth-order valence-corrected chi connectivity index (χ4v) is 3.49. The van der Waals surface area contributed by atoms with Gasteiger partial charge in [0.25, 0.3) is 0 Å². The Morgan fingerprint density at radius 2 is 1.93 bits per heavy atom. The number of likely N-dealkylation sites (N-methyl/N-ethyl adjacent to an activating group) is 1. The van der Waals surface area contributed by atoms with Crippen LogP contribution in [0.4, 0.5) is 0 Å². The summed E-state index contributed by atoms with van der Waals surface area (Å²) in [5.41, 5.74) is -0.825. The number of rotatable bonds is 5. The van der Waals surface area contributed by atoms with E-state index in [0.29, 0.717) is 12.8 Å². The average Bonchev–Trinajstić information content (AvgIpc) is 2.51. The number of hydrogen-bond donors (Lipinski definition) is 1. The van der Waals surface area contributed by atoms with Gasteiger partial charge in [0.05, 0.1) is 11.4 Å². The molecule has 6 heteroatoms. The van der Waals surface area contributed by atoms with E-state index in [9.17, 15) is 13.5 Å². The Kier molecular flexibility index (Phi) is 4.40.